The van der Waals surface area contributed by atoms with Crippen LogP contribution in [-0.4, -0.2) is 37.8 Å². The fourth-order valence-corrected chi connectivity index (χ4v) is 3.78. The Morgan fingerprint density at radius 1 is 1.33 bits per heavy atom. The maximum atomic E-state index is 12.5. The van der Waals surface area contributed by atoms with Gasteiger partial charge in [0.05, 0.1) is 4.90 Å². The molecule has 2 heterocycles. The molecule has 100 valence electrons. The van der Waals surface area contributed by atoms with Crippen molar-refractivity contribution in [2.24, 2.45) is 11.8 Å². The number of hydrogen-bond donors (Lipinski definition) is 1. The van der Waals surface area contributed by atoms with E-state index in [0.717, 1.165) is 0 Å². The fourth-order valence-electron chi connectivity index (χ4n) is 2.13. The van der Waals surface area contributed by atoms with Crippen molar-refractivity contribution in [3.8, 4) is 0 Å². The Kier molecular flexibility index (Phi) is 3.59. The summed E-state index contributed by atoms with van der Waals surface area (Å²) in [6, 6.07) is 3.12. The molecule has 2 rings (SSSR count). The van der Waals surface area contributed by atoms with Crippen LogP contribution in [0.5, 0.6) is 0 Å². The fraction of sp³-hybridized carbons (Fsp3) is 0.583. The summed E-state index contributed by atoms with van der Waals surface area (Å²) in [5.41, 5.74) is 0. The van der Waals surface area contributed by atoms with Crippen LogP contribution >= 0.6 is 0 Å². The SMILES string of the molecule is CNc1cc(S(=O)(=O)N2CC(C)C(C)C2)ccn1. The minimum absolute atomic E-state index is 0.308. The third kappa shape index (κ3) is 2.35. The van der Waals surface area contributed by atoms with Crippen LogP contribution in [0.15, 0.2) is 23.2 Å². The highest BCUT2D eigenvalue weighted by Crippen LogP contribution is 2.28. The standard InChI is InChI=1S/C12H19N3O2S/c1-9-7-15(8-10(9)2)18(16,17)11-4-5-14-12(6-11)13-3/h4-6,9-10H,7-8H2,1-3H3,(H,13,14). The highest BCUT2D eigenvalue weighted by molar-refractivity contribution is 7.89. The van der Waals surface area contributed by atoms with E-state index in [1.807, 2.05) is 0 Å². The van der Waals surface area contributed by atoms with Gasteiger partial charge in [0.25, 0.3) is 0 Å². The van der Waals surface area contributed by atoms with Gasteiger partial charge in [0.1, 0.15) is 5.82 Å². The summed E-state index contributed by atoms with van der Waals surface area (Å²) >= 11 is 0. The molecule has 0 bridgehead atoms. The van der Waals surface area contributed by atoms with Crippen molar-refractivity contribution in [2.45, 2.75) is 18.7 Å². The van der Waals surface area contributed by atoms with E-state index in [9.17, 15) is 8.42 Å². The van der Waals surface area contributed by atoms with E-state index in [-0.39, 0.29) is 0 Å². The van der Waals surface area contributed by atoms with E-state index < -0.39 is 10.0 Å². The number of aromatic nitrogens is 1. The zero-order valence-corrected chi connectivity index (χ0v) is 11.7. The molecule has 2 unspecified atom stereocenters. The van der Waals surface area contributed by atoms with E-state index in [2.05, 4.69) is 24.1 Å². The lowest BCUT2D eigenvalue weighted by Crippen LogP contribution is -2.29. The van der Waals surface area contributed by atoms with Gasteiger partial charge in [-0.15, -0.1) is 0 Å². The van der Waals surface area contributed by atoms with Crippen LogP contribution in [0.25, 0.3) is 0 Å². The molecular weight excluding hydrogens is 250 g/mol. The number of sulfonamides is 1. The van der Waals surface area contributed by atoms with Crippen molar-refractivity contribution in [3.63, 3.8) is 0 Å². The number of anilines is 1. The second-order valence-corrected chi connectivity index (χ2v) is 6.84. The molecule has 0 spiro atoms. The van der Waals surface area contributed by atoms with E-state index in [0.29, 0.717) is 35.6 Å². The number of rotatable bonds is 3. The molecule has 1 aliphatic rings. The van der Waals surface area contributed by atoms with E-state index >= 15 is 0 Å². The van der Waals surface area contributed by atoms with Crippen molar-refractivity contribution in [2.75, 3.05) is 25.5 Å². The summed E-state index contributed by atoms with van der Waals surface area (Å²) in [6.45, 7) is 5.37. The molecule has 1 fully saturated rings. The third-order valence-electron chi connectivity index (χ3n) is 3.58. The summed E-state index contributed by atoms with van der Waals surface area (Å²) in [5.74, 6) is 1.38. The zero-order valence-electron chi connectivity index (χ0n) is 10.9. The van der Waals surface area contributed by atoms with Crippen LogP contribution in [0, 0.1) is 11.8 Å². The molecule has 1 N–H and O–H groups in total. The molecule has 0 amide bonds. The molecule has 0 aliphatic carbocycles. The highest BCUT2D eigenvalue weighted by atomic mass is 32.2. The smallest absolute Gasteiger partial charge is 0.243 e. The molecule has 1 aromatic rings. The van der Waals surface area contributed by atoms with Crippen LogP contribution in [0.3, 0.4) is 0 Å². The molecule has 0 aromatic carbocycles. The monoisotopic (exact) mass is 269 g/mol. The summed E-state index contributed by atoms with van der Waals surface area (Å²) in [6.07, 6.45) is 1.52. The molecule has 6 heteroatoms. The maximum absolute atomic E-state index is 12.5. The second-order valence-electron chi connectivity index (χ2n) is 4.90. The molecule has 18 heavy (non-hydrogen) atoms. The van der Waals surface area contributed by atoms with Crippen molar-refractivity contribution in [3.05, 3.63) is 18.3 Å². The minimum Gasteiger partial charge on any atom is -0.373 e. The van der Waals surface area contributed by atoms with Crippen LogP contribution < -0.4 is 5.32 Å². The summed E-state index contributed by atoms with van der Waals surface area (Å²) in [4.78, 5) is 4.34. The lowest BCUT2D eigenvalue weighted by Gasteiger charge is -2.16. The average Bonchev–Trinajstić information content (AvgIpc) is 2.70. The molecule has 1 aromatic heterocycles. The number of hydrogen-bond acceptors (Lipinski definition) is 4. The molecule has 0 saturated carbocycles. The first-order chi connectivity index (χ1) is 8.45. The summed E-state index contributed by atoms with van der Waals surface area (Å²) < 4.78 is 26.5. The van der Waals surface area contributed by atoms with Gasteiger partial charge in [0, 0.05) is 32.4 Å². The zero-order chi connectivity index (χ0) is 13.3. The van der Waals surface area contributed by atoms with Crippen molar-refractivity contribution < 1.29 is 8.42 Å². The third-order valence-corrected chi connectivity index (χ3v) is 5.41. The average molecular weight is 269 g/mol. The predicted octanol–water partition coefficient (Wildman–Crippen LogP) is 1.40. The summed E-state index contributed by atoms with van der Waals surface area (Å²) in [5, 5.41) is 2.85. The lowest BCUT2D eigenvalue weighted by atomic mass is 10.0. The first kappa shape index (κ1) is 13.3. The first-order valence-corrected chi connectivity index (χ1v) is 7.53. The van der Waals surface area contributed by atoms with Crippen molar-refractivity contribution >= 4 is 15.8 Å². The van der Waals surface area contributed by atoms with Gasteiger partial charge < -0.3 is 5.32 Å². The molecular formula is C12H19N3O2S. The van der Waals surface area contributed by atoms with Gasteiger partial charge in [-0.2, -0.15) is 4.31 Å². The first-order valence-electron chi connectivity index (χ1n) is 6.09. The van der Waals surface area contributed by atoms with Gasteiger partial charge in [0.15, 0.2) is 0 Å². The second kappa shape index (κ2) is 4.85. The Morgan fingerprint density at radius 3 is 2.50 bits per heavy atom. The molecule has 2 atom stereocenters. The van der Waals surface area contributed by atoms with E-state index in [1.54, 1.807) is 23.5 Å². The van der Waals surface area contributed by atoms with Crippen molar-refractivity contribution in [1.29, 1.82) is 0 Å². The number of pyridine rings is 1. The molecule has 0 radical (unpaired) electrons. The molecule has 1 aliphatic heterocycles. The predicted molar refractivity (Wildman–Crippen MR) is 70.9 cm³/mol. The quantitative estimate of drug-likeness (QED) is 0.901. The lowest BCUT2D eigenvalue weighted by molar-refractivity contribution is 0.463. The van der Waals surface area contributed by atoms with Gasteiger partial charge >= 0.3 is 0 Å². The Hall–Kier alpha value is -1.14. The highest BCUT2D eigenvalue weighted by Gasteiger charge is 2.34. The largest absolute Gasteiger partial charge is 0.373 e. The van der Waals surface area contributed by atoms with Gasteiger partial charge in [-0.3, -0.25) is 0 Å². The van der Waals surface area contributed by atoms with E-state index in [1.165, 1.54) is 6.20 Å². The van der Waals surface area contributed by atoms with Gasteiger partial charge in [-0.1, -0.05) is 13.8 Å². The van der Waals surface area contributed by atoms with Crippen LogP contribution in [0.1, 0.15) is 13.8 Å². The Balaban J connectivity index is 2.31. The van der Waals surface area contributed by atoms with Crippen LogP contribution in [0.2, 0.25) is 0 Å². The van der Waals surface area contributed by atoms with Crippen LogP contribution in [0.4, 0.5) is 5.82 Å². The topological polar surface area (TPSA) is 62.3 Å². The van der Waals surface area contributed by atoms with Gasteiger partial charge in [-0.05, 0) is 17.9 Å². The maximum Gasteiger partial charge on any atom is 0.243 e. The van der Waals surface area contributed by atoms with Gasteiger partial charge in [-0.25, -0.2) is 13.4 Å². The van der Waals surface area contributed by atoms with E-state index in [4.69, 9.17) is 0 Å². The molecule has 1 saturated heterocycles. The van der Waals surface area contributed by atoms with Crippen molar-refractivity contribution in [1.82, 2.24) is 9.29 Å². The normalized spacial score (nSPS) is 25.3. The number of nitrogens with zero attached hydrogens (tertiary/aromatic N) is 2. The Morgan fingerprint density at radius 2 is 1.94 bits per heavy atom. The summed E-state index contributed by atoms with van der Waals surface area (Å²) in [7, 11) is -1.66. The number of nitrogens with one attached hydrogen (secondary N) is 1. The van der Waals surface area contributed by atoms with Gasteiger partial charge in [0.2, 0.25) is 10.0 Å². The Labute approximate surface area is 108 Å². The van der Waals surface area contributed by atoms with Crippen LogP contribution in [-0.2, 0) is 10.0 Å². The minimum atomic E-state index is -3.38. The Bertz CT molecular complexity index is 520. The molecule has 5 nitrogen and oxygen atoms in total.